The Morgan fingerprint density at radius 3 is 2.09 bits per heavy atom. The second-order valence-corrected chi connectivity index (χ2v) is 7.79. The fourth-order valence-corrected chi connectivity index (χ4v) is 4.74. The van der Waals surface area contributed by atoms with Crippen molar-refractivity contribution in [3.05, 3.63) is 12.7 Å². The van der Waals surface area contributed by atoms with Crippen LogP contribution in [0.4, 0.5) is 0 Å². The molecule has 0 N–H and O–H groups in total. The Morgan fingerprint density at radius 1 is 0.864 bits per heavy atom. The third-order valence-corrected chi connectivity index (χ3v) is 6.19. The first-order valence-electron chi connectivity index (χ1n) is 10.1. The van der Waals surface area contributed by atoms with Crippen molar-refractivity contribution in [3.63, 3.8) is 0 Å². The van der Waals surface area contributed by atoms with Gasteiger partial charge in [-0.15, -0.1) is 6.58 Å². The van der Waals surface area contributed by atoms with Crippen LogP contribution in [-0.2, 0) is 4.74 Å². The van der Waals surface area contributed by atoms with Crippen molar-refractivity contribution in [3.8, 4) is 0 Å². The van der Waals surface area contributed by atoms with Crippen molar-refractivity contribution in [1.82, 2.24) is 0 Å². The lowest BCUT2D eigenvalue weighted by molar-refractivity contribution is 0.0210. The predicted molar refractivity (Wildman–Crippen MR) is 96.1 cm³/mol. The molecule has 2 aliphatic rings. The average Bonchev–Trinajstić information content (AvgIpc) is 2.58. The second kappa shape index (κ2) is 10.5. The zero-order valence-corrected chi connectivity index (χ0v) is 14.9. The molecule has 0 amide bonds. The molecule has 0 radical (unpaired) electrons. The van der Waals surface area contributed by atoms with Crippen LogP contribution in [-0.4, -0.2) is 12.7 Å². The third-order valence-electron chi connectivity index (χ3n) is 6.19. The Morgan fingerprint density at radius 2 is 1.50 bits per heavy atom. The van der Waals surface area contributed by atoms with Gasteiger partial charge in [0.1, 0.15) is 0 Å². The zero-order chi connectivity index (χ0) is 15.6. The van der Waals surface area contributed by atoms with Gasteiger partial charge < -0.3 is 4.74 Å². The third kappa shape index (κ3) is 6.07. The zero-order valence-electron chi connectivity index (χ0n) is 14.9. The molecule has 22 heavy (non-hydrogen) atoms. The summed E-state index contributed by atoms with van der Waals surface area (Å²) in [7, 11) is 0. The van der Waals surface area contributed by atoms with Crippen LogP contribution in [0.5, 0.6) is 0 Å². The summed E-state index contributed by atoms with van der Waals surface area (Å²) in [6.07, 6.45) is 21.1. The number of hydrogen-bond acceptors (Lipinski definition) is 1. The van der Waals surface area contributed by atoms with E-state index in [1.54, 1.807) is 0 Å². The van der Waals surface area contributed by atoms with Crippen LogP contribution in [0.2, 0.25) is 0 Å². The molecular weight excluding hydrogens is 268 g/mol. The van der Waals surface area contributed by atoms with Crippen molar-refractivity contribution >= 4 is 0 Å². The monoisotopic (exact) mass is 306 g/mol. The molecule has 0 heterocycles. The molecule has 0 unspecified atom stereocenters. The molecule has 2 fully saturated rings. The van der Waals surface area contributed by atoms with Crippen LogP contribution in [0.25, 0.3) is 0 Å². The highest BCUT2D eigenvalue weighted by atomic mass is 16.5. The fourth-order valence-electron chi connectivity index (χ4n) is 4.74. The van der Waals surface area contributed by atoms with Crippen LogP contribution >= 0.6 is 0 Å². The lowest BCUT2D eigenvalue weighted by Gasteiger charge is -2.37. The van der Waals surface area contributed by atoms with Crippen LogP contribution < -0.4 is 0 Å². The van der Waals surface area contributed by atoms with Gasteiger partial charge >= 0.3 is 0 Å². The lowest BCUT2D eigenvalue weighted by atomic mass is 9.70. The molecule has 0 aromatic rings. The molecule has 0 atom stereocenters. The summed E-state index contributed by atoms with van der Waals surface area (Å²) in [6.45, 7) is 6.79. The minimum atomic E-state index is 0.518. The standard InChI is InChI=1S/C21H38O/c1-3-5-6-7-8-18-9-11-19(12-10-18)20-13-15-21(16-14-20)22-17-4-2/h4,18-21H,2-3,5-17H2,1H3/t18-,19-,20?,21?. The maximum absolute atomic E-state index is 5.83. The van der Waals surface area contributed by atoms with Crippen molar-refractivity contribution in [2.24, 2.45) is 17.8 Å². The van der Waals surface area contributed by atoms with Crippen molar-refractivity contribution in [2.45, 2.75) is 96.5 Å². The highest BCUT2D eigenvalue weighted by molar-refractivity contribution is 4.82. The summed E-state index contributed by atoms with van der Waals surface area (Å²) in [5.41, 5.74) is 0. The molecule has 0 aromatic heterocycles. The molecule has 1 nitrogen and oxygen atoms in total. The summed E-state index contributed by atoms with van der Waals surface area (Å²) >= 11 is 0. The van der Waals surface area contributed by atoms with E-state index in [0.717, 1.165) is 24.4 Å². The van der Waals surface area contributed by atoms with Gasteiger partial charge in [0, 0.05) is 0 Å². The van der Waals surface area contributed by atoms with Gasteiger partial charge in [0.2, 0.25) is 0 Å². The smallest absolute Gasteiger partial charge is 0.0648 e. The first-order chi connectivity index (χ1) is 10.8. The molecule has 2 rings (SSSR count). The average molecular weight is 307 g/mol. The fraction of sp³-hybridized carbons (Fsp3) is 0.905. The minimum absolute atomic E-state index is 0.518. The molecule has 0 saturated heterocycles. The highest BCUT2D eigenvalue weighted by Crippen LogP contribution is 2.41. The van der Waals surface area contributed by atoms with E-state index < -0.39 is 0 Å². The Hall–Kier alpha value is -0.300. The molecular formula is C21H38O. The summed E-state index contributed by atoms with van der Waals surface area (Å²) < 4.78 is 5.83. The second-order valence-electron chi connectivity index (χ2n) is 7.79. The molecule has 2 saturated carbocycles. The molecule has 0 spiro atoms. The summed E-state index contributed by atoms with van der Waals surface area (Å²) in [4.78, 5) is 0. The van der Waals surface area contributed by atoms with Gasteiger partial charge in [0.25, 0.3) is 0 Å². The SMILES string of the molecule is C=CCOC1CCC([C@H]2CC[C@H](CCCCCC)CC2)CC1. The molecule has 2 aliphatic carbocycles. The minimum Gasteiger partial charge on any atom is -0.374 e. The van der Waals surface area contributed by atoms with E-state index in [4.69, 9.17) is 4.74 Å². The lowest BCUT2D eigenvalue weighted by Crippen LogP contribution is -2.28. The molecule has 1 heteroatoms. The number of ether oxygens (including phenoxy) is 1. The topological polar surface area (TPSA) is 9.23 Å². The quantitative estimate of drug-likeness (QED) is 0.348. The van der Waals surface area contributed by atoms with E-state index >= 15 is 0 Å². The van der Waals surface area contributed by atoms with Gasteiger partial charge in [0.15, 0.2) is 0 Å². The van der Waals surface area contributed by atoms with Gasteiger partial charge in [-0.05, 0) is 56.3 Å². The largest absolute Gasteiger partial charge is 0.374 e. The number of rotatable bonds is 9. The van der Waals surface area contributed by atoms with Crippen molar-refractivity contribution in [1.29, 1.82) is 0 Å². The maximum atomic E-state index is 5.83. The van der Waals surface area contributed by atoms with Crippen molar-refractivity contribution < 1.29 is 4.74 Å². The van der Waals surface area contributed by atoms with E-state index in [1.807, 2.05) is 6.08 Å². The van der Waals surface area contributed by atoms with E-state index in [0.29, 0.717) is 6.10 Å². The predicted octanol–water partition coefficient (Wildman–Crippen LogP) is 6.52. The summed E-state index contributed by atoms with van der Waals surface area (Å²) in [6, 6.07) is 0. The molecule has 0 bridgehead atoms. The molecule has 128 valence electrons. The van der Waals surface area contributed by atoms with Crippen LogP contribution in [0, 0.1) is 17.8 Å². The van der Waals surface area contributed by atoms with E-state index in [9.17, 15) is 0 Å². The van der Waals surface area contributed by atoms with Gasteiger partial charge in [0.05, 0.1) is 12.7 Å². The number of unbranched alkanes of at least 4 members (excludes halogenated alkanes) is 3. The Balaban J connectivity index is 1.58. The normalized spacial score (nSPS) is 32.8. The van der Waals surface area contributed by atoms with Gasteiger partial charge in [-0.2, -0.15) is 0 Å². The first kappa shape index (κ1) is 18.0. The molecule has 0 aliphatic heterocycles. The highest BCUT2D eigenvalue weighted by Gasteiger charge is 2.30. The van der Waals surface area contributed by atoms with Gasteiger partial charge in [-0.25, -0.2) is 0 Å². The maximum Gasteiger partial charge on any atom is 0.0648 e. The van der Waals surface area contributed by atoms with Gasteiger partial charge in [-0.1, -0.05) is 57.9 Å². The van der Waals surface area contributed by atoms with E-state index in [2.05, 4.69) is 13.5 Å². The summed E-state index contributed by atoms with van der Waals surface area (Å²) in [5, 5.41) is 0. The Bertz CT molecular complexity index is 282. The van der Waals surface area contributed by atoms with Crippen LogP contribution in [0.1, 0.15) is 90.4 Å². The van der Waals surface area contributed by atoms with Crippen LogP contribution in [0.15, 0.2) is 12.7 Å². The Kier molecular flexibility index (Phi) is 8.59. The Labute approximate surface area is 138 Å². The van der Waals surface area contributed by atoms with Gasteiger partial charge in [-0.3, -0.25) is 0 Å². The van der Waals surface area contributed by atoms with E-state index in [1.165, 1.54) is 83.5 Å². The van der Waals surface area contributed by atoms with Crippen molar-refractivity contribution in [2.75, 3.05) is 6.61 Å². The van der Waals surface area contributed by atoms with E-state index in [-0.39, 0.29) is 0 Å². The molecule has 0 aromatic carbocycles. The number of hydrogen-bond donors (Lipinski definition) is 0. The summed E-state index contributed by atoms with van der Waals surface area (Å²) in [5.74, 6) is 3.09. The van der Waals surface area contributed by atoms with Crippen LogP contribution in [0.3, 0.4) is 0 Å². The first-order valence-corrected chi connectivity index (χ1v) is 10.1.